The first-order valence-electron chi connectivity index (χ1n) is 8.50. The number of ether oxygens (including phenoxy) is 1. The molecule has 0 atom stereocenters. The second-order valence-corrected chi connectivity index (χ2v) is 7.01. The summed E-state index contributed by atoms with van der Waals surface area (Å²) in [6.07, 6.45) is 0. The Bertz CT molecular complexity index is 1200. The van der Waals surface area contributed by atoms with Crippen LogP contribution in [-0.4, -0.2) is 27.8 Å². The third-order valence-corrected chi connectivity index (χ3v) is 5.01. The molecule has 140 valence electrons. The lowest BCUT2D eigenvalue weighted by Crippen LogP contribution is -2.29. The zero-order chi connectivity index (χ0) is 19.5. The van der Waals surface area contributed by atoms with Gasteiger partial charge in [-0.05, 0) is 24.3 Å². The molecule has 0 bridgehead atoms. The molecule has 4 aromatic rings. The summed E-state index contributed by atoms with van der Waals surface area (Å²) in [6.45, 7) is -0.196. The van der Waals surface area contributed by atoms with Gasteiger partial charge in [0.05, 0.1) is 23.0 Å². The smallest absolute Gasteiger partial charge is 0.267 e. The number of hydrogen-bond donors (Lipinski definition) is 1. The van der Waals surface area contributed by atoms with Crippen LogP contribution < -0.4 is 15.6 Å². The number of hydrogen-bond acceptors (Lipinski definition) is 6. The standard InChI is InChI=1S/C20H16N4O3S/c1-27-14-7-8-16-17(11-14)28-20(21-16)22-18(25)12-24-19(26)10-9-15(23-24)13-5-3-2-4-6-13/h2-11H,12H2,1H3,(H,21,22,25). The fourth-order valence-electron chi connectivity index (χ4n) is 2.71. The van der Waals surface area contributed by atoms with Gasteiger partial charge >= 0.3 is 0 Å². The van der Waals surface area contributed by atoms with Crippen LogP contribution in [0.1, 0.15) is 0 Å². The largest absolute Gasteiger partial charge is 0.497 e. The zero-order valence-electron chi connectivity index (χ0n) is 15.0. The van der Waals surface area contributed by atoms with Crippen LogP contribution in [0.4, 0.5) is 5.13 Å². The summed E-state index contributed by atoms with van der Waals surface area (Å²) in [6, 6.07) is 18.0. The molecule has 0 aliphatic carbocycles. The first-order valence-corrected chi connectivity index (χ1v) is 9.32. The Kier molecular flexibility index (Phi) is 4.86. The number of anilines is 1. The highest BCUT2D eigenvalue weighted by molar-refractivity contribution is 7.22. The Morgan fingerprint density at radius 3 is 2.75 bits per heavy atom. The Morgan fingerprint density at radius 1 is 1.14 bits per heavy atom. The van der Waals surface area contributed by atoms with Crippen LogP contribution in [0.3, 0.4) is 0 Å². The highest BCUT2D eigenvalue weighted by Crippen LogP contribution is 2.29. The lowest BCUT2D eigenvalue weighted by molar-refractivity contribution is -0.117. The molecule has 0 spiro atoms. The van der Waals surface area contributed by atoms with Gasteiger partial charge in [0.1, 0.15) is 12.3 Å². The van der Waals surface area contributed by atoms with Crippen molar-refractivity contribution in [2.24, 2.45) is 0 Å². The van der Waals surface area contributed by atoms with Gasteiger partial charge in [0, 0.05) is 11.6 Å². The van der Waals surface area contributed by atoms with E-state index >= 15 is 0 Å². The van der Waals surface area contributed by atoms with Crippen LogP contribution in [0.15, 0.2) is 65.5 Å². The molecule has 0 saturated heterocycles. The van der Waals surface area contributed by atoms with E-state index in [1.165, 1.54) is 17.4 Å². The fourth-order valence-corrected chi connectivity index (χ4v) is 3.62. The maximum Gasteiger partial charge on any atom is 0.267 e. The molecule has 0 fully saturated rings. The Morgan fingerprint density at radius 2 is 1.96 bits per heavy atom. The summed E-state index contributed by atoms with van der Waals surface area (Å²) < 4.78 is 7.24. The summed E-state index contributed by atoms with van der Waals surface area (Å²) >= 11 is 1.34. The van der Waals surface area contributed by atoms with Crippen molar-refractivity contribution < 1.29 is 9.53 Å². The first kappa shape index (κ1) is 17.9. The van der Waals surface area contributed by atoms with E-state index in [1.807, 2.05) is 48.5 Å². The molecule has 28 heavy (non-hydrogen) atoms. The molecule has 0 radical (unpaired) electrons. The van der Waals surface area contributed by atoms with E-state index in [0.717, 1.165) is 26.2 Å². The molecule has 8 heteroatoms. The highest BCUT2D eigenvalue weighted by atomic mass is 32.1. The van der Waals surface area contributed by atoms with E-state index in [1.54, 1.807) is 13.2 Å². The summed E-state index contributed by atoms with van der Waals surface area (Å²) in [5, 5.41) is 7.49. The number of nitrogens with zero attached hydrogens (tertiary/aromatic N) is 3. The number of rotatable bonds is 5. The van der Waals surface area contributed by atoms with E-state index in [4.69, 9.17) is 4.74 Å². The number of carbonyl (C=O) groups is 1. The van der Waals surface area contributed by atoms with E-state index in [0.29, 0.717) is 10.8 Å². The quantitative estimate of drug-likeness (QED) is 0.564. The third-order valence-electron chi connectivity index (χ3n) is 4.07. The topological polar surface area (TPSA) is 86.1 Å². The van der Waals surface area contributed by atoms with Crippen molar-refractivity contribution in [3.63, 3.8) is 0 Å². The van der Waals surface area contributed by atoms with E-state index in [-0.39, 0.29) is 18.0 Å². The first-order chi connectivity index (χ1) is 13.6. The number of aromatic nitrogens is 3. The number of amides is 1. The van der Waals surface area contributed by atoms with Crippen molar-refractivity contribution in [3.8, 4) is 17.0 Å². The Hall–Kier alpha value is -3.52. The molecule has 1 amide bonds. The SMILES string of the molecule is COc1ccc2nc(NC(=O)Cn3nc(-c4ccccc4)ccc3=O)sc2c1. The minimum absolute atomic E-state index is 0.196. The van der Waals surface area contributed by atoms with Crippen molar-refractivity contribution in [3.05, 3.63) is 71.0 Å². The fraction of sp³-hybridized carbons (Fsp3) is 0.100. The monoisotopic (exact) mass is 392 g/mol. The van der Waals surface area contributed by atoms with Crippen LogP contribution in [0.25, 0.3) is 21.5 Å². The molecular weight excluding hydrogens is 376 g/mol. The van der Waals surface area contributed by atoms with Gasteiger partial charge in [-0.25, -0.2) is 9.67 Å². The predicted octanol–water partition coefficient (Wildman–Crippen LogP) is 3.17. The molecule has 0 unspecified atom stereocenters. The highest BCUT2D eigenvalue weighted by Gasteiger charge is 2.11. The van der Waals surface area contributed by atoms with Crippen LogP contribution in [0.2, 0.25) is 0 Å². The van der Waals surface area contributed by atoms with Gasteiger partial charge in [-0.15, -0.1) is 0 Å². The number of benzene rings is 2. The molecule has 0 aliphatic heterocycles. The summed E-state index contributed by atoms with van der Waals surface area (Å²) in [4.78, 5) is 28.9. The third kappa shape index (κ3) is 3.77. The summed E-state index contributed by atoms with van der Waals surface area (Å²) in [7, 11) is 1.60. The maximum absolute atomic E-state index is 12.4. The maximum atomic E-state index is 12.4. The number of thiazole rings is 1. The van der Waals surface area contributed by atoms with Gasteiger partial charge < -0.3 is 10.1 Å². The van der Waals surface area contributed by atoms with Crippen LogP contribution >= 0.6 is 11.3 Å². The number of methoxy groups -OCH3 is 1. The van der Waals surface area contributed by atoms with Crippen molar-refractivity contribution in [2.75, 3.05) is 12.4 Å². The second-order valence-electron chi connectivity index (χ2n) is 5.98. The molecule has 0 aliphatic rings. The normalized spacial score (nSPS) is 10.8. The molecule has 7 nitrogen and oxygen atoms in total. The van der Waals surface area contributed by atoms with Crippen LogP contribution in [0.5, 0.6) is 5.75 Å². The molecule has 1 N–H and O–H groups in total. The molecule has 2 aromatic carbocycles. The van der Waals surface area contributed by atoms with Crippen molar-refractivity contribution in [1.29, 1.82) is 0 Å². The average molecular weight is 392 g/mol. The minimum Gasteiger partial charge on any atom is -0.497 e. The molecular formula is C20H16N4O3S. The van der Waals surface area contributed by atoms with E-state index < -0.39 is 0 Å². The zero-order valence-corrected chi connectivity index (χ0v) is 15.8. The summed E-state index contributed by atoms with van der Waals surface area (Å²) in [5.41, 5.74) is 1.92. The Labute approximate surface area is 164 Å². The molecule has 0 saturated carbocycles. The van der Waals surface area contributed by atoms with E-state index in [9.17, 15) is 9.59 Å². The lowest BCUT2D eigenvalue weighted by atomic mass is 10.1. The van der Waals surface area contributed by atoms with Crippen molar-refractivity contribution >= 4 is 32.6 Å². The number of nitrogens with one attached hydrogen (secondary N) is 1. The average Bonchev–Trinajstić information content (AvgIpc) is 3.11. The van der Waals surface area contributed by atoms with Gasteiger partial charge in [-0.3, -0.25) is 9.59 Å². The Balaban J connectivity index is 1.53. The van der Waals surface area contributed by atoms with Gasteiger partial charge in [-0.1, -0.05) is 41.7 Å². The van der Waals surface area contributed by atoms with Crippen LogP contribution in [0, 0.1) is 0 Å². The van der Waals surface area contributed by atoms with Crippen LogP contribution in [-0.2, 0) is 11.3 Å². The van der Waals surface area contributed by atoms with Crippen molar-refractivity contribution in [2.45, 2.75) is 6.54 Å². The van der Waals surface area contributed by atoms with Gasteiger partial charge in [0.2, 0.25) is 5.91 Å². The van der Waals surface area contributed by atoms with E-state index in [2.05, 4.69) is 15.4 Å². The van der Waals surface area contributed by atoms with Crippen molar-refractivity contribution in [1.82, 2.24) is 14.8 Å². The van der Waals surface area contributed by atoms with Gasteiger partial charge in [-0.2, -0.15) is 5.10 Å². The summed E-state index contributed by atoms with van der Waals surface area (Å²) in [5.74, 6) is 0.355. The molecule has 2 aromatic heterocycles. The second kappa shape index (κ2) is 7.61. The molecule has 2 heterocycles. The predicted molar refractivity (Wildman–Crippen MR) is 109 cm³/mol. The number of carbonyl (C=O) groups excluding carboxylic acids is 1. The van der Waals surface area contributed by atoms with Gasteiger partial charge in [0.25, 0.3) is 5.56 Å². The van der Waals surface area contributed by atoms with Gasteiger partial charge in [0.15, 0.2) is 5.13 Å². The number of fused-ring (bicyclic) bond motifs is 1. The molecule has 4 rings (SSSR count). The minimum atomic E-state index is -0.370. The lowest BCUT2D eigenvalue weighted by Gasteiger charge is -2.07.